The summed E-state index contributed by atoms with van der Waals surface area (Å²) in [6.07, 6.45) is 1.64. The van der Waals surface area contributed by atoms with Crippen molar-refractivity contribution in [1.82, 2.24) is 10.3 Å². The number of hydrogen-bond acceptors (Lipinski definition) is 4. The van der Waals surface area contributed by atoms with Crippen molar-refractivity contribution in [3.63, 3.8) is 0 Å². The Hall–Kier alpha value is -3.06. The first-order chi connectivity index (χ1) is 13.1. The zero-order valence-corrected chi connectivity index (χ0v) is 15.2. The van der Waals surface area contributed by atoms with E-state index in [1.807, 2.05) is 18.2 Å². The molecule has 1 amide bonds. The molecule has 0 spiro atoms. The Morgan fingerprint density at radius 3 is 2.52 bits per heavy atom. The maximum absolute atomic E-state index is 12.6. The van der Waals surface area contributed by atoms with Crippen molar-refractivity contribution in [3.05, 3.63) is 72.4 Å². The number of nitrogens with one attached hydrogen (secondary N) is 1. The lowest BCUT2D eigenvalue weighted by Gasteiger charge is -2.15. The monoisotopic (exact) mass is 382 g/mol. The van der Waals surface area contributed by atoms with Crippen LogP contribution in [0.2, 0.25) is 0 Å². The van der Waals surface area contributed by atoms with Crippen LogP contribution in [0.1, 0.15) is 16.8 Å². The minimum Gasteiger partial charge on any atom is -0.480 e. The van der Waals surface area contributed by atoms with E-state index in [9.17, 15) is 18.9 Å². The third-order valence-corrected chi connectivity index (χ3v) is 5.48. The molecule has 0 aliphatic rings. The van der Waals surface area contributed by atoms with E-state index in [1.165, 1.54) is 0 Å². The summed E-state index contributed by atoms with van der Waals surface area (Å²) in [5, 5.41) is 12.7. The van der Waals surface area contributed by atoms with Gasteiger partial charge in [-0.25, -0.2) is 4.79 Å². The van der Waals surface area contributed by atoms with Crippen molar-refractivity contribution in [3.8, 4) is 0 Å². The summed E-state index contributed by atoms with van der Waals surface area (Å²) >= 11 is 0. The van der Waals surface area contributed by atoms with Gasteiger partial charge in [0.1, 0.15) is 6.04 Å². The SMILES string of the molecule is O=C(N[C@@H](CC[S@](=O)c1ccccc1)C(=O)O)c1cccc2cccnc12. The molecule has 0 unspecified atom stereocenters. The van der Waals surface area contributed by atoms with Crippen LogP contribution in [-0.2, 0) is 15.6 Å². The molecule has 0 aliphatic heterocycles. The number of carbonyl (C=O) groups excluding carboxylic acids is 1. The summed E-state index contributed by atoms with van der Waals surface area (Å²) in [5.74, 6) is -1.55. The summed E-state index contributed by atoms with van der Waals surface area (Å²) < 4.78 is 12.3. The zero-order chi connectivity index (χ0) is 19.2. The lowest BCUT2D eigenvalue weighted by molar-refractivity contribution is -0.139. The van der Waals surface area contributed by atoms with E-state index in [1.54, 1.807) is 48.7 Å². The fourth-order valence-corrected chi connectivity index (χ4v) is 3.84. The number of para-hydroxylation sites is 1. The maximum atomic E-state index is 12.6. The maximum Gasteiger partial charge on any atom is 0.326 e. The van der Waals surface area contributed by atoms with Gasteiger partial charge in [-0.3, -0.25) is 14.0 Å². The molecule has 27 heavy (non-hydrogen) atoms. The van der Waals surface area contributed by atoms with E-state index in [-0.39, 0.29) is 12.2 Å². The molecule has 138 valence electrons. The number of carbonyl (C=O) groups is 2. The summed E-state index contributed by atoms with van der Waals surface area (Å²) in [7, 11) is -1.33. The Labute approximate surface area is 158 Å². The third-order valence-electron chi connectivity index (χ3n) is 4.08. The molecule has 0 saturated carbocycles. The van der Waals surface area contributed by atoms with Crippen LogP contribution in [0.3, 0.4) is 0 Å². The predicted molar refractivity (Wildman–Crippen MR) is 103 cm³/mol. The first kappa shape index (κ1) is 18.7. The van der Waals surface area contributed by atoms with Crippen LogP contribution in [0, 0.1) is 0 Å². The van der Waals surface area contributed by atoms with Gasteiger partial charge in [-0.05, 0) is 30.7 Å². The third kappa shape index (κ3) is 4.57. The minimum absolute atomic E-state index is 0.0563. The molecule has 2 atom stereocenters. The van der Waals surface area contributed by atoms with E-state index in [0.717, 1.165) is 5.39 Å². The first-order valence-corrected chi connectivity index (χ1v) is 9.69. The van der Waals surface area contributed by atoms with Gasteiger partial charge in [-0.2, -0.15) is 0 Å². The topological polar surface area (TPSA) is 96.4 Å². The predicted octanol–water partition coefficient (Wildman–Crippen LogP) is 2.62. The molecule has 3 aromatic rings. The number of aliphatic carboxylic acids is 1. The van der Waals surface area contributed by atoms with Crippen molar-refractivity contribution in [2.45, 2.75) is 17.4 Å². The number of fused-ring (bicyclic) bond motifs is 1. The first-order valence-electron chi connectivity index (χ1n) is 8.37. The number of carboxylic acid groups (broad SMARTS) is 1. The van der Waals surface area contributed by atoms with Gasteiger partial charge in [0.25, 0.3) is 5.91 Å². The number of carboxylic acids is 1. The molecule has 6 nitrogen and oxygen atoms in total. The lowest BCUT2D eigenvalue weighted by Crippen LogP contribution is -2.41. The molecule has 0 bridgehead atoms. The van der Waals surface area contributed by atoms with Gasteiger partial charge in [0.05, 0.1) is 21.9 Å². The minimum atomic E-state index is -1.33. The van der Waals surface area contributed by atoms with Crippen LogP contribution in [0.15, 0.2) is 71.8 Å². The Balaban J connectivity index is 1.71. The van der Waals surface area contributed by atoms with Crippen LogP contribution >= 0.6 is 0 Å². The molecule has 0 aliphatic carbocycles. The van der Waals surface area contributed by atoms with Crippen molar-refractivity contribution < 1.29 is 18.9 Å². The largest absolute Gasteiger partial charge is 0.480 e. The zero-order valence-electron chi connectivity index (χ0n) is 14.4. The summed E-state index contributed by atoms with van der Waals surface area (Å²) in [5.41, 5.74) is 0.818. The number of hydrogen-bond donors (Lipinski definition) is 2. The van der Waals surface area contributed by atoms with E-state index in [2.05, 4.69) is 10.3 Å². The Bertz CT molecular complexity index is 986. The average molecular weight is 382 g/mol. The molecule has 0 radical (unpaired) electrons. The smallest absolute Gasteiger partial charge is 0.326 e. The van der Waals surface area contributed by atoms with Gasteiger partial charge in [-0.15, -0.1) is 0 Å². The molecule has 1 heterocycles. The number of benzene rings is 2. The number of nitrogens with zero attached hydrogens (tertiary/aromatic N) is 1. The molecule has 2 N–H and O–H groups in total. The second kappa shape index (κ2) is 8.55. The van der Waals surface area contributed by atoms with Crippen molar-refractivity contribution >= 4 is 33.6 Å². The number of pyridine rings is 1. The molecular formula is C20H18N2O4S. The highest BCUT2D eigenvalue weighted by Gasteiger charge is 2.22. The number of rotatable bonds is 7. The van der Waals surface area contributed by atoms with Crippen LogP contribution in [0.25, 0.3) is 10.9 Å². The molecule has 2 aromatic carbocycles. The lowest BCUT2D eigenvalue weighted by atomic mass is 10.1. The fraction of sp³-hybridized carbons (Fsp3) is 0.150. The van der Waals surface area contributed by atoms with Crippen molar-refractivity contribution in [1.29, 1.82) is 0 Å². The normalized spacial score (nSPS) is 13.0. The van der Waals surface area contributed by atoms with Crippen molar-refractivity contribution in [2.24, 2.45) is 0 Å². The van der Waals surface area contributed by atoms with Gasteiger partial charge < -0.3 is 10.4 Å². The van der Waals surface area contributed by atoms with Gasteiger partial charge in [0, 0.05) is 22.2 Å². The quantitative estimate of drug-likeness (QED) is 0.655. The van der Waals surface area contributed by atoms with E-state index < -0.39 is 28.7 Å². The molecule has 1 aromatic heterocycles. The van der Waals surface area contributed by atoms with Gasteiger partial charge in [0.15, 0.2) is 0 Å². The number of aromatic nitrogens is 1. The highest BCUT2D eigenvalue weighted by Crippen LogP contribution is 2.16. The second-order valence-electron chi connectivity index (χ2n) is 5.90. The summed E-state index contributed by atoms with van der Waals surface area (Å²) in [6.45, 7) is 0. The fourth-order valence-electron chi connectivity index (χ4n) is 2.70. The standard InChI is InChI=1S/C20H18N2O4S/c23-19(16-10-4-6-14-7-5-12-21-18(14)16)22-17(20(24)25)11-13-27(26)15-8-2-1-3-9-15/h1-10,12,17H,11,13H2,(H,22,23)(H,24,25)/t17-,27-/m0/s1. The highest BCUT2D eigenvalue weighted by molar-refractivity contribution is 7.85. The van der Waals surface area contributed by atoms with E-state index in [4.69, 9.17) is 0 Å². The van der Waals surface area contributed by atoms with Crippen molar-refractivity contribution in [2.75, 3.05) is 5.75 Å². The Kier molecular flexibility index (Phi) is 5.93. The molecule has 7 heteroatoms. The molecule has 0 fully saturated rings. The van der Waals surface area contributed by atoms with Crippen LogP contribution in [-0.4, -0.2) is 38.0 Å². The van der Waals surface area contributed by atoms with E-state index >= 15 is 0 Å². The van der Waals surface area contributed by atoms with Crippen LogP contribution in [0.5, 0.6) is 0 Å². The van der Waals surface area contributed by atoms with Crippen LogP contribution < -0.4 is 5.32 Å². The van der Waals surface area contributed by atoms with Gasteiger partial charge >= 0.3 is 5.97 Å². The van der Waals surface area contributed by atoms with Gasteiger partial charge in [0.2, 0.25) is 0 Å². The summed E-state index contributed by atoms with van der Waals surface area (Å²) in [6, 6.07) is 16.4. The summed E-state index contributed by atoms with van der Waals surface area (Å²) in [4.78, 5) is 29.0. The molecule has 3 rings (SSSR count). The average Bonchev–Trinajstić information content (AvgIpc) is 2.70. The van der Waals surface area contributed by atoms with Gasteiger partial charge in [-0.1, -0.05) is 36.4 Å². The molecular weight excluding hydrogens is 364 g/mol. The highest BCUT2D eigenvalue weighted by atomic mass is 32.2. The number of amides is 1. The Morgan fingerprint density at radius 2 is 1.78 bits per heavy atom. The molecule has 0 saturated heterocycles. The van der Waals surface area contributed by atoms with Crippen LogP contribution in [0.4, 0.5) is 0 Å². The second-order valence-corrected chi connectivity index (χ2v) is 7.47. The van der Waals surface area contributed by atoms with E-state index in [0.29, 0.717) is 16.0 Å². The Morgan fingerprint density at radius 1 is 1.04 bits per heavy atom.